The molecule has 7 nitrogen and oxygen atoms in total. The van der Waals surface area contributed by atoms with Crippen LogP contribution in [-0.2, 0) is 21.3 Å². The van der Waals surface area contributed by atoms with E-state index in [1.165, 1.54) is 0 Å². The standard InChI is InChI=1S/C17H30N4O3S/c1-5-24-12-8-11-19-16(18)20-13-14-9-6-7-10-15(14)25(22,23)21-17(2,3)4/h6-7,9-10,21H,5,8,11-13H2,1-4H3,(H3,18,19,20). The lowest BCUT2D eigenvalue weighted by Crippen LogP contribution is -2.40. The topological polar surface area (TPSA) is 106 Å². The summed E-state index contributed by atoms with van der Waals surface area (Å²) in [5, 5.41) is 2.99. The molecular formula is C17H30N4O3S. The maximum Gasteiger partial charge on any atom is 0.241 e. The summed E-state index contributed by atoms with van der Waals surface area (Å²) < 4.78 is 33.0. The van der Waals surface area contributed by atoms with Crippen LogP contribution in [0.5, 0.6) is 0 Å². The molecule has 0 atom stereocenters. The average Bonchev–Trinajstić information content (AvgIpc) is 2.50. The summed E-state index contributed by atoms with van der Waals surface area (Å²) in [5.41, 5.74) is 5.87. The highest BCUT2D eigenvalue weighted by Gasteiger charge is 2.24. The van der Waals surface area contributed by atoms with Crippen molar-refractivity contribution >= 4 is 16.0 Å². The van der Waals surface area contributed by atoms with Gasteiger partial charge in [-0.05, 0) is 45.7 Å². The van der Waals surface area contributed by atoms with Crippen LogP contribution in [0.1, 0.15) is 39.7 Å². The number of guanidine groups is 1. The SMILES string of the molecule is CCOCCCNC(N)=NCc1ccccc1S(=O)(=O)NC(C)(C)C. The summed E-state index contributed by atoms with van der Waals surface area (Å²) in [6.07, 6.45) is 0.824. The minimum absolute atomic E-state index is 0.186. The van der Waals surface area contributed by atoms with E-state index in [-0.39, 0.29) is 17.4 Å². The van der Waals surface area contributed by atoms with Gasteiger partial charge in [0, 0.05) is 25.3 Å². The van der Waals surface area contributed by atoms with Gasteiger partial charge in [0.2, 0.25) is 10.0 Å². The number of nitrogens with zero attached hydrogens (tertiary/aromatic N) is 1. The Labute approximate surface area is 151 Å². The molecule has 0 saturated carbocycles. The van der Waals surface area contributed by atoms with Crippen LogP contribution in [0.2, 0.25) is 0 Å². The fraction of sp³-hybridized carbons (Fsp3) is 0.588. The van der Waals surface area contributed by atoms with Gasteiger partial charge in [-0.25, -0.2) is 18.1 Å². The molecule has 0 fully saturated rings. The molecular weight excluding hydrogens is 340 g/mol. The zero-order chi connectivity index (χ0) is 18.9. The maximum absolute atomic E-state index is 12.6. The quantitative estimate of drug-likeness (QED) is 0.348. The molecule has 1 aromatic carbocycles. The highest BCUT2D eigenvalue weighted by Crippen LogP contribution is 2.18. The van der Waals surface area contributed by atoms with Crippen molar-refractivity contribution in [3.8, 4) is 0 Å². The average molecular weight is 371 g/mol. The summed E-state index contributed by atoms with van der Waals surface area (Å²) >= 11 is 0. The molecule has 142 valence electrons. The Bertz CT molecular complexity index is 667. The second-order valence-corrected chi connectivity index (χ2v) is 8.29. The molecule has 1 aromatic rings. The number of nitrogens with one attached hydrogen (secondary N) is 2. The van der Waals surface area contributed by atoms with E-state index in [0.29, 0.717) is 25.3 Å². The number of hydrogen-bond acceptors (Lipinski definition) is 4. The predicted octanol–water partition coefficient (Wildman–Crippen LogP) is 1.59. The first-order valence-corrected chi connectivity index (χ1v) is 9.87. The van der Waals surface area contributed by atoms with Crippen LogP contribution in [0.25, 0.3) is 0 Å². The Morgan fingerprint density at radius 1 is 1.28 bits per heavy atom. The van der Waals surface area contributed by atoms with Crippen LogP contribution in [0, 0.1) is 0 Å². The number of nitrogens with two attached hydrogens (primary N) is 1. The van der Waals surface area contributed by atoms with Gasteiger partial charge in [0.15, 0.2) is 5.96 Å². The molecule has 25 heavy (non-hydrogen) atoms. The highest BCUT2D eigenvalue weighted by molar-refractivity contribution is 7.89. The number of rotatable bonds is 9. The summed E-state index contributed by atoms with van der Waals surface area (Å²) in [6, 6.07) is 6.79. The fourth-order valence-corrected chi connectivity index (χ4v) is 3.77. The zero-order valence-electron chi connectivity index (χ0n) is 15.5. The Balaban J connectivity index is 2.75. The summed E-state index contributed by atoms with van der Waals surface area (Å²) in [5.74, 6) is 0.285. The van der Waals surface area contributed by atoms with Gasteiger partial charge < -0.3 is 15.8 Å². The minimum atomic E-state index is -3.62. The van der Waals surface area contributed by atoms with Gasteiger partial charge in [0.25, 0.3) is 0 Å². The van der Waals surface area contributed by atoms with Crippen molar-refractivity contribution in [3.63, 3.8) is 0 Å². The van der Waals surface area contributed by atoms with Crippen molar-refractivity contribution in [1.82, 2.24) is 10.0 Å². The molecule has 0 radical (unpaired) electrons. The third-order valence-electron chi connectivity index (χ3n) is 3.10. The lowest BCUT2D eigenvalue weighted by atomic mass is 10.1. The number of sulfonamides is 1. The van der Waals surface area contributed by atoms with Crippen LogP contribution in [0.4, 0.5) is 0 Å². The van der Waals surface area contributed by atoms with Crippen LogP contribution < -0.4 is 15.8 Å². The van der Waals surface area contributed by atoms with E-state index in [1.54, 1.807) is 45.0 Å². The van der Waals surface area contributed by atoms with Crippen LogP contribution in [0.3, 0.4) is 0 Å². The monoisotopic (exact) mass is 370 g/mol. The molecule has 0 amide bonds. The smallest absolute Gasteiger partial charge is 0.241 e. The predicted molar refractivity (Wildman–Crippen MR) is 101 cm³/mol. The van der Waals surface area contributed by atoms with Crippen molar-refractivity contribution in [1.29, 1.82) is 0 Å². The summed E-state index contributed by atoms with van der Waals surface area (Å²) in [6.45, 7) is 9.55. The molecule has 0 aliphatic carbocycles. The number of benzene rings is 1. The van der Waals surface area contributed by atoms with Gasteiger partial charge in [0.1, 0.15) is 0 Å². The van der Waals surface area contributed by atoms with Crippen LogP contribution in [-0.4, -0.2) is 39.7 Å². The molecule has 0 unspecified atom stereocenters. The second-order valence-electron chi connectivity index (χ2n) is 6.64. The molecule has 0 bridgehead atoms. The first kappa shape index (κ1) is 21.4. The van der Waals surface area contributed by atoms with E-state index < -0.39 is 15.6 Å². The lowest BCUT2D eigenvalue weighted by Gasteiger charge is -2.21. The van der Waals surface area contributed by atoms with Gasteiger partial charge in [-0.1, -0.05) is 18.2 Å². The van der Waals surface area contributed by atoms with Gasteiger partial charge >= 0.3 is 0 Å². The number of aliphatic imine (C=N–C) groups is 1. The second kappa shape index (κ2) is 9.74. The van der Waals surface area contributed by atoms with E-state index in [9.17, 15) is 8.42 Å². The minimum Gasteiger partial charge on any atom is -0.382 e. The number of hydrogen-bond donors (Lipinski definition) is 3. The fourth-order valence-electron chi connectivity index (χ4n) is 2.12. The molecule has 1 rings (SSSR count). The molecule has 8 heteroatoms. The molecule has 4 N–H and O–H groups in total. The third kappa shape index (κ3) is 8.33. The molecule has 0 spiro atoms. The van der Waals surface area contributed by atoms with E-state index in [1.807, 2.05) is 6.92 Å². The molecule has 0 aliphatic rings. The van der Waals surface area contributed by atoms with Gasteiger partial charge in [0.05, 0.1) is 11.4 Å². The molecule has 0 saturated heterocycles. The van der Waals surface area contributed by atoms with Crippen molar-refractivity contribution in [2.75, 3.05) is 19.8 Å². The van der Waals surface area contributed by atoms with Crippen molar-refractivity contribution < 1.29 is 13.2 Å². The Kier molecular flexibility index (Phi) is 8.34. The first-order chi connectivity index (χ1) is 11.7. The van der Waals surface area contributed by atoms with Gasteiger partial charge in [-0.15, -0.1) is 0 Å². The van der Waals surface area contributed by atoms with Crippen LogP contribution in [0.15, 0.2) is 34.2 Å². The van der Waals surface area contributed by atoms with Crippen molar-refractivity contribution in [2.24, 2.45) is 10.7 Å². The Morgan fingerprint density at radius 3 is 2.60 bits per heavy atom. The molecule has 0 aromatic heterocycles. The maximum atomic E-state index is 12.6. The Hall–Kier alpha value is -1.64. The normalized spacial score (nSPS) is 13.0. The van der Waals surface area contributed by atoms with E-state index in [2.05, 4.69) is 15.0 Å². The summed E-state index contributed by atoms with van der Waals surface area (Å²) in [7, 11) is -3.62. The van der Waals surface area contributed by atoms with Gasteiger partial charge in [-0.3, -0.25) is 0 Å². The summed E-state index contributed by atoms with van der Waals surface area (Å²) in [4.78, 5) is 4.45. The molecule has 0 aliphatic heterocycles. The largest absolute Gasteiger partial charge is 0.382 e. The van der Waals surface area contributed by atoms with E-state index in [4.69, 9.17) is 10.5 Å². The highest BCUT2D eigenvalue weighted by atomic mass is 32.2. The third-order valence-corrected chi connectivity index (χ3v) is 4.96. The first-order valence-electron chi connectivity index (χ1n) is 8.39. The zero-order valence-corrected chi connectivity index (χ0v) is 16.3. The van der Waals surface area contributed by atoms with E-state index >= 15 is 0 Å². The van der Waals surface area contributed by atoms with Gasteiger partial charge in [-0.2, -0.15) is 0 Å². The van der Waals surface area contributed by atoms with Crippen molar-refractivity contribution in [3.05, 3.63) is 29.8 Å². The van der Waals surface area contributed by atoms with E-state index in [0.717, 1.165) is 6.42 Å². The van der Waals surface area contributed by atoms with Crippen LogP contribution >= 0.6 is 0 Å². The lowest BCUT2D eigenvalue weighted by molar-refractivity contribution is 0.145. The molecule has 0 heterocycles. The number of ether oxygens (including phenoxy) is 1. The Morgan fingerprint density at radius 2 is 1.96 bits per heavy atom. The van der Waals surface area contributed by atoms with Crippen molar-refractivity contribution in [2.45, 2.75) is 51.1 Å².